The van der Waals surface area contributed by atoms with Gasteiger partial charge in [-0.15, -0.1) is 5.10 Å². The molecule has 0 N–H and O–H groups in total. The fourth-order valence-corrected chi connectivity index (χ4v) is 3.44. The summed E-state index contributed by atoms with van der Waals surface area (Å²) in [5, 5.41) is 8.66. The van der Waals surface area contributed by atoms with Gasteiger partial charge >= 0.3 is 0 Å². The van der Waals surface area contributed by atoms with E-state index in [1.807, 2.05) is 25.4 Å². The zero-order valence-electron chi connectivity index (χ0n) is 14.8. The molecule has 0 atom stereocenters. The first-order valence-electron chi connectivity index (χ1n) is 8.95. The zero-order valence-corrected chi connectivity index (χ0v) is 14.8. The van der Waals surface area contributed by atoms with Crippen molar-refractivity contribution < 1.29 is 0 Å². The van der Waals surface area contributed by atoms with E-state index in [1.54, 1.807) is 27.7 Å². The highest BCUT2D eigenvalue weighted by Crippen LogP contribution is 2.24. The van der Waals surface area contributed by atoms with Crippen LogP contribution in [-0.4, -0.2) is 37.6 Å². The maximum atomic E-state index is 12.2. The molecule has 1 fully saturated rings. The molecule has 1 saturated heterocycles. The SMILES string of the molecule is Cc1cc(N2CCC(Cn3nc(-n4cccn4)ccc3=O)CC2)ccn1. The zero-order chi connectivity index (χ0) is 17.9. The highest BCUT2D eigenvalue weighted by atomic mass is 16.1. The molecule has 1 aliphatic heterocycles. The lowest BCUT2D eigenvalue weighted by Gasteiger charge is -2.33. The number of piperidine rings is 1. The Kier molecular flexibility index (Phi) is 4.51. The summed E-state index contributed by atoms with van der Waals surface area (Å²) >= 11 is 0. The van der Waals surface area contributed by atoms with Crippen molar-refractivity contribution in [3.63, 3.8) is 0 Å². The predicted octanol–water partition coefficient (Wildman–Crippen LogP) is 2.05. The maximum absolute atomic E-state index is 12.2. The summed E-state index contributed by atoms with van der Waals surface area (Å²) in [5.74, 6) is 1.12. The van der Waals surface area contributed by atoms with Crippen LogP contribution in [0.15, 0.2) is 53.7 Å². The van der Waals surface area contributed by atoms with Crippen molar-refractivity contribution in [3.8, 4) is 5.82 Å². The molecule has 0 aliphatic carbocycles. The van der Waals surface area contributed by atoms with Gasteiger partial charge in [-0.25, -0.2) is 9.36 Å². The van der Waals surface area contributed by atoms with E-state index in [1.165, 1.54) is 5.69 Å². The summed E-state index contributed by atoms with van der Waals surface area (Å²) in [6, 6.07) is 9.31. The molecule has 4 rings (SSSR count). The highest BCUT2D eigenvalue weighted by Gasteiger charge is 2.21. The second kappa shape index (κ2) is 7.11. The van der Waals surface area contributed by atoms with Crippen LogP contribution >= 0.6 is 0 Å². The Morgan fingerprint density at radius 3 is 2.73 bits per heavy atom. The molecular weight excluding hydrogens is 328 g/mol. The minimum absolute atomic E-state index is 0.0619. The largest absolute Gasteiger partial charge is 0.371 e. The van der Waals surface area contributed by atoms with Gasteiger partial charge in [0.05, 0.1) is 0 Å². The minimum atomic E-state index is -0.0619. The van der Waals surface area contributed by atoms with E-state index in [-0.39, 0.29) is 5.56 Å². The maximum Gasteiger partial charge on any atom is 0.266 e. The van der Waals surface area contributed by atoms with Crippen LogP contribution in [0.5, 0.6) is 0 Å². The van der Waals surface area contributed by atoms with Gasteiger partial charge in [0.2, 0.25) is 0 Å². The van der Waals surface area contributed by atoms with E-state index >= 15 is 0 Å². The van der Waals surface area contributed by atoms with Gasteiger partial charge in [-0.05, 0) is 49.9 Å². The van der Waals surface area contributed by atoms with Crippen molar-refractivity contribution in [3.05, 3.63) is 65.0 Å². The van der Waals surface area contributed by atoms with Crippen LogP contribution in [0.1, 0.15) is 18.5 Å². The Labute approximate surface area is 151 Å². The predicted molar refractivity (Wildman–Crippen MR) is 99.5 cm³/mol. The molecule has 7 nitrogen and oxygen atoms in total. The van der Waals surface area contributed by atoms with Gasteiger partial charge in [-0.1, -0.05) is 0 Å². The molecule has 1 aliphatic rings. The van der Waals surface area contributed by atoms with Gasteiger partial charge in [-0.3, -0.25) is 9.78 Å². The van der Waals surface area contributed by atoms with Gasteiger partial charge in [0.15, 0.2) is 5.82 Å². The van der Waals surface area contributed by atoms with Crippen LogP contribution in [-0.2, 0) is 6.54 Å². The normalized spacial score (nSPS) is 15.3. The number of anilines is 1. The lowest BCUT2D eigenvalue weighted by atomic mass is 9.96. The van der Waals surface area contributed by atoms with E-state index in [4.69, 9.17) is 0 Å². The van der Waals surface area contributed by atoms with Crippen LogP contribution in [0, 0.1) is 12.8 Å². The fourth-order valence-electron chi connectivity index (χ4n) is 3.44. The van der Waals surface area contributed by atoms with Crippen molar-refractivity contribution in [1.29, 1.82) is 0 Å². The third-order valence-electron chi connectivity index (χ3n) is 4.88. The average Bonchev–Trinajstić information content (AvgIpc) is 3.19. The number of hydrogen-bond donors (Lipinski definition) is 0. The number of nitrogens with zero attached hydrogens (tertiary/aromatic N) is 6. The van der Waals surface area contributed by atoms with Crippen LogP contribution < -0.4 is 10.5 Å². The number of pyridine rings is 1. The fraction of sp³-hybridized carbons (Fsp3) is 0.368. The van der Waals surface area contributed by atoms with E-state index in [0.717, 1.165) is 31.6 Å². The molecule has 3 aromatic rings. The molecule has 0 saturated carbocycles. The van der Waals surface area contributed by atoms with Gasteiger partial charge in [0.1, 0.15) is 0 Å². The van der Waals surface area contributed by atoms with Gasteiger partial charge < -0.3 is 4.90 Å². The van der Waals surface area contributed by atoms with Gasteiger partial charge in [0, 0.05) is 55.7 Å². The number of aromatic nitrogens is 5. The standard InChI is InChI=1S/C19H22N6O/c1-15-13-17(5-9-20-15)23-11-6-16(7-12-23)14-25-19(26)4-3-18(22-25)24-10-2-8-21-24/h2-5,8-10,13,16H,6-7,11-12,14H2,1H3. The Hall–Kier alpha value is -2.96. The van der Waals surface area contributed by atoms with Crippen molar-refractivity contribution in [2.45, 2.75) is 26.3 Å². The first-order valence-corrected chi connectivity index (χ1v) is 8.95. The van der Waals surface area contributed by atoms with Crippen molar-refractivity contribution in [2.75, 3.05) is 18.0 Å². The Morgan fingerprint density at radius 1 is 1.15 bits per heavy atom. The van der Waals surface area contributed by atoms with Gasteiger partial charge in [-0.2, -0.15) is 5.10 Å². The lowest BCUT2D eigenvalue weighted by molar-refractivity contribution is 0.334. The van der Waals surface area contributed by atoms with E-state index in [9.17, 15) is 4.79 Å². The summed E-state index contributed by atoms with van der Waals surface area (Å²) in [7, 11) is 0. The van der Waals surface area contributed by atoms with Crippen molar-refractivity contribution in [1.82, 2.24) is 24.5 Å². The monoisotopic (exact) mass is 350 g/mol. The molecule has 0 radical (unpaired) electrons. The molecule has 0 amide bonds. The second-order valence-electron chi connectivity index (χ2n) is 6.75. The highest BCUT2D eigenvalue weighted by molar-refractivity contribution is 5.46. The van der Waals surface area contributed by atoms with Crippen LogP contribution in [0.4, 0.5) is 5.69 Å². The molecular formula is C19H22N6O. The molecule has 3 aromatic heterocycles. The summed E-state index contributed by atoms with van der Waals surface area (Å²) < 4.78 is 3.25. The van der Waals surface area contributed by atoms with Gasteiger partial charge in [0.25, 0.3) is 5.56 Å². The van der Waals surface area contributed by atoms with Crippen molar-refractivity contribution in [2.24, 2.45) is 5.92 Å². The molecule has 134 valence electrons. The number of rotatable bonds is 4. The average molecular weight is 350 g/mol. The van der Waals surface area contributed by atoms with Crippen LogP contribution in [0.2, 0.25) is 0 Å². The van der Waals surface area contributed by atoms with Crippen LogP contribution in [0.3, 0.4) is 0 Å². The quantitative estimate of drug-likeness (QED) is 0.720. The molecule has 26 heavy (non-hydrogen) atoms. The van der Waals surface area contributed by atoms with E-state index in [2.05, 4.69) is 32.2 Å². The third-order valence-corrected chi connectivity index (χ3v) is 4.88. The molecule has 0 unspecified atom stereocenters. The molecule has 7 heteroatoms. The molecule has 0 bridgehead atoms. The van der Waals surface area contributed by atoms with E-state index in [0.29, 0.717) is 18.3 Å². The molecule has 0 aromatic carbocycles. The summed E-state index contributed by atoms with van der Waals surface area (Å²) in [6.45, 7) is 4.64. The summed E-state index contributed by atoms with van der Waals surface area (Å²) in [5.41, 5.74) is 2.20. The third kappa shape index (κ3) is 3.51. The summed E-state index contributed by atoms with van der Waals surface area (Å²) in [4.78, 5) is 18.8. The van der Waals surface area contributed by atoms with E-state index < -0.39 is 0 Å². The lowest BCUT2D eigenvalue weighted by Crippen LogP contribution is -2.37. The first kappa shape index (κ1) is 16.5. The second-order valence-corrected chi connectivity index (χ2v) is 6.75. The van der Waals surface area contributed by atoms with Crippen LogP contribution in [0.25, 0.3) is 5.82 Å². The topological polar surface area (TPSA) is 68.8 Å². The number of hydrogen-bond acceptors (Lipinski definition) is 5. The number of aryl methyl sites for hydroxylation is 1. The first-order chi connectivity index (χ1) is 12.7. The Balaban J connectivity index is 1.43. The molecule has 4 heterocycles. The Bertz CT molecular complexity index is 925. The Morgan fingerprint density at radius 2 is 2.00 bits per heavy atom. The smallest absolute Gasteiger partial charge is 0.266 e. The molecule has 0 spiro atoms. The summed E-state index contributed by atoms with van der Waals surface area (Å²) in [6.07, 6.45) is 7.48. The minimum Gasteiger partial charge on any atom is -0.371 e. The van der Waals surface area contributed by atoms with Crippen molar-refractivity contribution >= 4 is 5.69 Å².